The van der Waals surface area contributed by atoms with E-state index in [0.29, 0.717) is 17.4 Å². The third-order valence-electron chi connectivity index (χ3n) is 5.56. The van der Waals surface area contributed by atoms with Gasteiger partial charge in [-0.1, -0.05) is 36.2 Å². The summed E-state index contributed by atoms with van der Waals surface area (Å²) < 4.78 is 38.5. The Kier molecular flexibility index (Phi) is 6.11. The van der Waals surface area contributed by atoms with E-state index >= 15 is 0 Å². The average molecular weight is 476 g/mol. The van der Waals surface area contributed by atoms with Crippen molar-refractivity contribution >= 4 is 38.6 Å². The normalized spacial score (nSPS) is 14.3. The van der Waals surface area contributed by atoms with Gasteiger partial charge in [-0.3, -0.25) is 0 Å². The zero-order valence-corrected chi connectivity index (χ0v) is 19.2. The van der Waals surface area contributed by atoms with Gasteiger partial charge < -0.3 is 9.15 Å². The lowest BCUT2D eigenvalue weighted by Gasteiger charge is -2.17. The van der Waals surface area contributed by atoms with Crippen molar-refractivity contribution in [3.8, 4) is 5.75 Å². The molecular weight excluding hydrogens is 454 g/mol. The molecule has 1 N–H and O–H groups in total. The van der Waals surface area contributed by atoms with E-state index in [2.05, 4.69) is 4.72 Å². The Balaban J connectivity index is 1.59. The van der Waals surface area contributed by atoms with Crippen LogP contribution in [0.15, 0.2) is 50.5 Å². The van der Waals surface area contributed by atoms with Crippen LogP contribution in [0.5, 0.6) is 5.75 Å². The summed E-state index contributed by atoms with van der Waals surface area (Å²) in [6.45, 7) is 3.51. The highest BCUT2D eigenvalue weighted by atomic mass is 35.5. The third-order valence-corrected chi connectivity index (χ3v) is 7.34. The summed E-state index contributed by atoms with van der Waals surface area (Å²) in [6, 6.07) is 8.17. The molecule has 0 bridgehead atoms. The first-order valence-corrected chi connectivity index (χ1v) is 12.1. The monoisotopic (exact) mass is 475 g/mol. The predicted molar refractivity (Wildman–Crippen MR) is 121 cm³/mol. The van der Waals surface area contributed by atoms with Crippen molar-refractivity contribution in [2.45, 2.75) is 50.5 Å². The topological polar surface area (TPSA) is 103 Å². The van der Waals surface area contributed by atoms with Crippen LogP contribution in [0.2, 0.25) is 5.02 Å². The van der Waals surface area contributed by atoms with E-state index in [4.69, 9.17) is 20.8 Å². The fourth-order valence-electron chi connectivity index (χ4n) is 3.81. The molecule has 1 aromatic heterocycles. The van der Waals surface area contributed by atoms with E-state index in [1.54, 1.807) is 25.1 Å². The molecule has 0 amide bonds. The van der Waals surface area contributed by atoms with Gasteiger partial charge in [-0.15, -0.1) is 0 Å². The van der Waals surface area contributed by atoms with E-state index < -0.39 is 27.7 Å². The van der Waals surface area contributed by atoms with E-state index in [1.165, 1.54) is 18.2 Å². The lowest BCUT2D eigenvalue weighted by molar-refractivity contribution is -0.136. The third kappa shape index (κ3) is 4.30. The standard InChI is InChI=1S/C23H22ClNO6S/c1-3-19(25-32(28,29)14-9-7-13(2)8-10-14)23(27)31-21-12-20-17(11-18(21)24)15-5-4-6-16(15)22(26)30-20/h7-12,19,25H,3-6H2,1-2H3/t19-/m1/s1. The lowest BCUT2D eigenvalue weighted by Crippen LogP contribution is -2.42. The van der Waals surface area contributed by atoms with Crippen LogP contribution in [-0.2, 0) is 27.7 Å². The number of nitrogens with one attached hydrogen (secondary N) is 1. The molecule has 1 atom stereocenters. The summed E-state index contributed by atoms with van der Waals surface area (Å²) in [4.78, 5) is 25.0. The summed E-state index contributed by atoms with van der Waals surface area (Å²) in [5.74, 6) is -0.814. The number of hydrogen-bond donors (Lipinski definition) is 1. The number of aryl methyl sites for hydroxylation is 2. The van der Waals surface area contributed by atoms with Crippen molar-refractivity contribution < 1.29 is 22.4 Å². The molecule has 0 aliphatic heterocycles. The molecule has 1 heterocycles. The zero-order chi connectivity index (χ0) is 23.0. The Bertz CT molecular complexity index is 1360. The second kappa shape index (κ2) is 8.69. The number of halogens is 1. The summed E-state index contributed by atoms with van der Waals surface area (Å²) in [6.07, 6.45) is 2.46. The number of sulfonamides is 1. The van der Waals surface area contributed by atoms with Gasteiger partial charge in [0, 0.05) is 17.0 Å². The van der Waals surface area contributed by atoms with Gasteiger partial charge in [0.1, 0.15) is 11.6 Å². The first-order valence-electron chi connectivity index (χ1n) is 10.3. The molecule has 0 spiro atoms. The zero-order valence-electron chi connectivity index (χ0n) is 17.6. The van der Waals surface area contributed by atoms with Crippen LogP contribution in [-0.4, -0.2) is 20.4 Å². The predicted octanol–water partition coefficient (Wildman–Crippen LogP) is 3.91. The lowest BCUT2D eigenvalue weighted by atomic mass is 10.1. The van der Waals surface area contributed by atoms with E-state index in [9.17, 15) is 18.0 Å². The fraction of sp³-hybridized carbons (Fsp3) is 0.304. The van der Waals surface area contributed by atoms with Crippen molar-refractivity contribution in [3.63, 3.8) is 0 Å². The summed E-state index contributed by atoms with van der Waals surface area (Å²) >= 11 is 6.34. The molecule has 0 unspecified atom stereocenters. The molecule has 9 heteroatoms. The smallest absolute Gasteiger partial charge is 0.339 e. The minimum Gasteiger partial charge on any atom is -0.424 e. The molecular formula is C23H22ClNO6S. The molecule has 0 saturated carbocycles. The molecule has 7 nitrogen and oxygen atoms in total. The Morgan fingerprint density at radius 2 is 1.88 bits per heavy atom. The van der Waals surface area contributed by atoms with Crippen molar-refractivity contribution in [3.05, 3.63) is 68.5 Å². The number of carbonyl (C=O) groups excluding carboxylic acids is 1. The quantitative estimate of drug-likeness (QED) is 0.329. The van der Waals surface area contributed by atoms with Gasteiger partial charge in [-0.2, -0.15) is 4.72 Å². The van der Waals surface area contributed by atoms with Crippen molar-refractivity contribution in [1.82, 2.24) is 4.72 Å². The number of hydrogen-bond acceptors (Lipinski definition) is 6. The molecule has 0 saturated heterocycles. The van der Waals surface area contributed by atoms with Crippen molar-refractivity contribution in [2.75, 3.05) is 0 Å². The minimum absolute atomic E-state index is 0.00162. The van der Waals surface area contributed by atoms with Gasteiger partial charge in [0.15, 0.2) is 5.75 Å². The summed E-state index contributed by atoms with van der Waals surface area (Å²) in [5, 5.41) is 0.888. The SMILES string of the molecule is CC[C@@H](NS(=O)(=O)c1ccc(C)cc1)C(=O)Oc1cc2oc(=O)c3c(c2cc1Cl)CCC3. The highest BCUT2D eigenvalue weighted by molar-refractivity contribution is 7.89. The molecule has 168 valence electrons. The van der Waals surface area contributed by atoms with Crippen molar-refractivity contribution in [2.24, 2.45) is 0 Å². The molecule has 3 aromatic rings. The van der Waals surface area contributed by atoms with Gasteiger partial charge in [-0.05, 0) is 56.4 Å². The second-order valence-corrected chi connectivity index (χ2v) is 9.92. The maximum absolute atomic E-state index is 12.7. The van der Waals surface area contributed by atoms with E-state index in [1.807, 2.05) is 6.92 Å². The van der Waals surface area contributed by atoms with Crippen LogP contribution >= 0.6 is 11.6 Å². The van der Waals surface area contributed by atoms with Crippen molar-refractivity contribution in [1.29, 1.82) is 0 Å². The Labute approximate surface area is 190 Å². The second-order valence-electron chi connectivity index (χ2n) is 7.80. The van der Waals surface area contributed by atoms with Crippen LogP contribution in [0.1, 0.15) is 36.5 Å². The Morgan fingerprint density at radius 1 is 1.19 bits per heavy atom. The van der Waals surface area contributed by atoms with Gasteiger partial charge in [0.2, 0.25) is 10.0 Å². The highest BCUT2D eigenvalue weighted by Gasteiger charge is 2.27. The van der Waals surface area contributed by atoms with Crippen LogP contribution in [0.3, 0.4) is 0 Å². The van der Waals surface area contributed by atoms with E-state index in [-0.39, 0.29) is 27.7 Å². The highest BCUT2D eigenvalue weighted by Crippen LogP contribution is 2.35. The first kappa shape index (κ1) is 22.5. The molecule has 1 aliphatic rings. The minimum atomic E-state index is -3.93. The number of carbonyl (C=O) groups is 1. The molecule has 0 fully saturated rings. The summed E-state index contributed by atoms with van der Waals surface area (Å²) in [5.41, 5.74) is 2.36. The van der Waals surface area contributed by atoms with Gasteiger partial charge >= 0.3 is 11.6 Å². The summed E-state index contributed by atoms with van der Waals surface area (Å²) in [7, 11) is -3.93. The number of ether oxygens (including phenoxy) is 1. The number of esters is 1. The molecule has 0 radical (unpaired) electrons. The Hall–Kier alpha value is -2.68. The average Bonchev–Trinajstić information content (AvgIpc) is 3.24. The largest absolute Gasteiger partial charge is 0.424 e. The maximum atomic E-state index is 12.7. The van der Waals surface area contributed by atoms with Gasteiger partial charge in [0.25, 0.3) is 0 Å². The van der Waals surface area contributed by atoms with Crippen LogP contribution in [0.4, 0.5) is 0 Å². The molecule has 32 heavy (non-hydrogen) atoms. The van der Waals surface area contributed by atoms with Crippen LogP contribution < -0.4 is 15.1 Å². The van der Waals surface area contributed by atoms with E-state index in [0.717, 1.165) is 24.0 Å². The molecule has 1 aliphatic carbocycles. The maximum Gasteiger partial charge on any atom is 0.339 e. The number of fused-ring (bicyclic) bond motifs is 3. The van der Waals surface area contributed by atoms with Crippen LogP contribution in [0, 0.1) is 6.92 Å². The fourth-order valence-corrected chi connectivity index (χ4v) is 5.28. The van der Waals surface area contributed by atoms with Crippen LogP contribution in [0.25, 0.3) is 11.0 Å². The first-order chi connectivity index (χ1) is 15.2. The number of rotatable bonds is 6. The molecule has 2 aromatic carbocycles. The number of benzene rings is 2. The van der Waals surface area contributed by atoms with Gasteiger partial charge in [0.05, 0.1) is 9.92 Å². The Morgan fingerprint density at radius 3 is 2.56 bits per heavy atom. The molecule has 4 rings (SSSR count). The van der Waals surface area contributed by atoms with Gasteiger partial charge in [-0.25, -0.2) is 18.0 Å².